The molecule has 0 aromatic heterocycles. The van der Waals surface area contributed by atoms with E-state index in [1.54, 1.807) is 7.11 Å². The molecule has 0 atom stereocenters. The van der Waals surface area contributed by atoms with Gasteiger partial charge in [0, 0.05) is 0 Å². The Bertz CT molecular complexity index is 847. The average Bonchev–Trinajstić information content (AvgIpc) is 2.64. The minimum absolute atomic E-state index is 0.114. The first kappa shape index (κ1) is 16.6. The van der Waals surface area contributed by atoms with Crippen LogP contribution in [-0.2, 0) is 11.2 Å². The van der Waals surface area contributed by atoms with E-state index in [4.69, 9.17) is 9.47 Å². The molecule has 25 heavy (non-hydrogen) atoms. The highest BCUT2D eigenvalue weighted by Crippen LogP contribution is 2.29. The van der Waals surface area contributed by atoms with Crippen molar-refractivity contribution in [2.45, 2.75) is 6.42 Å². The van der Waals surface area contributed by atoms with Gasteiger partial charge in [0.25, 0.3) is 0 Å². The highest BCUT2D eigenvalue weighted by atomic mass is 16.5. The number of hydrogen-bond donors (Lipinski definition) is 1. The van der Waals surface area contributed by atoms with Crippen molar-refractivity contribution < 1.29 is 14.3 Å². The molecule has 3 aromatic carbocycles. The SMILES string of the molecule is COc1cccc(CC(=O)Nc2ccccc2Oc2ccccc2)c1. The number of rotatable bonds is 6. The first-order valence-electron chi connectivity index (χ1n) is 7.99. The Labute approximate surface area is 147 Å². The molecule has 1 N–H and O–H groups in total. The van der Waals surface area contributed by atoms with Crippen molar-refractivity contribution in [2.75, 3.05) is 12.4 Å². The molecule has 3 rings (SSSR count). The number of para-hydroxylation sites is 3. The molecule has 1 amide bonds. The second-order valence-corrected chi connectivity index (χ2v) is 5.49. The lowest BCUT2D eigenvalue weighted by atomic mass is 10.1. The zero-order valence-electron chi connectivity index (χ0n) is 13.9. The van der Waals surface area contributed by atoms with Crippen LogP contribution in [0.1, 0.15) is 5.56 Å². The number of amides is 1. The summed E-state index contributed by atoms with van der Waals surface area (Å²) in [5.41, 5.74) is 1.53. The summed E-state index contributed by atoms with van der Waals surface area (Å²) in [6.45, 7) is 0. The van der Waals surface area contributed by atoms with Crippen LogP contribution in [0.4, 0.5) is 5.69 Å². The molecule has 0 spiro atoms. The van der Waals surface area contributed by atoms with E-state index in [-0.39, 0.29) is 12.3 Å². The molecule has 126 valence electrons. The summed E-state index contributed by atoms with van der Waals surface area (Å²) < 4.78 is 11.1. The van der Waals surface area contributed by atoms with Crippen molar-refractivity contribution in [3.63, 3.8) is 0 Å². The normalized spacial score (nSPS) is 10.1. The maximum atomic E-state index is 12.4. The summed E-state index contributed by atoms with van der Waals surface area (Å²) in [7, 11) is 1.61. The predicted octanol–water partition coefficient (Wildman–Crippen LogP) is 4.67. The van der Waals surface area contributed by atoms with Gasteiger partial charge in [0.15, 0.2) is 5.75 Å². The Balaban J connectivity index is 1.71. The summed E-state index contributed by atoms with van der Waals surface area (Å²) >= 11 is 0. The molecule has 0 unspecified atom stereocenters. The number of ether oxygens (including phenoxy) is 2. The summed E-state index contributed by atoms with van der Waals surface area (Å²) in [5.74, 6) is 1.94. The largest absolute Gasteiger partial charge is 0.497 e. The third-order valence-corrected chi connectivity index (χ3v) is 3.63. The predicted molar refractivity (Wildman–Crippen MR) is 98.3 cm³/mol. The van der Waals surface area contributed by atoms with Gasteiger partial charge in [-0.15, -0.1) is 0 Å². The molecule has 0 saturated heterocycles. The summed E-state index contributed by atoms with van der Waals surface area (Å²) in [4.78, 5) is 12.4. The molecule has 0 aliphatic rings. The Morgan fingerprint density at radius 1 is 0.880 bits per heavy atom. The minimum atomic E-state index is -0.114. The van der Waals surface area contributed by atoms with Gasteiger partial charge < -0.3 is 14.8 Å². The third kappa shape index (κ3) is 4.61. The van der Waals surface area contributed by atoms with Crippen molar-refractivity contribution in [1.29, 1.82) is 0 Å². The highest BCUT2D eigenvalue weighted by Gasteiger charge is 2.09. The molecule has 0 bridgehead atoms. The molecular formula is C21H19NO3. The fourth-order valence-electron chi connectivity index (χ4n) is 2.44. The van der Waals surface area contributed by atoms with Gasteiger partial charge in [0.2, 0.25) is 5.91 Å². The zero-order valence-corrected chi connectivity index (χ0v) is 13.9. The van der Waals surface area contributed by atoms with Crippen LogP contribution in [0.5, 0.6) is 17.2 Å². The Morgan fingerprint density at radius 2 is 1.60 bits per heavy atom. The summed E-state index contributed by atoms with van der Waals surface area (Å²) in [6, 6.07) is 24.3. The fourth-order valence-corrected chi connectivity index (χ4v) is 2.44. The van der Waals surface area contributed by atoms with Crippen molar-refractivity contribution in [2.24, 2.45) is 0 Å². The number of benzene rings is 3. The van der Waals surface area contributed by atoms with Gasteiger partial charge in [-0.3, -0.25) is 4.79 Å². The minimum Gasteiger partial charge on any atom is -0.497 e. The summed E-state index contributed by atoms with van der Waals surface area (Å²) in [6.07, 6.45) is 0.261. The van der Waals surface area contributed by atoms with Crippen molar-refractivity contribution in [3.8, 4) is 17.2 Å². The van der Waals surface area contributed by atoms with E-state index in [1.165, 1.54) is 0 Å². The van der Waals surface area contributed by atoms with Gasteiger partial charge in [-0.05, 0) is 42.0 Å². The lowest BCUT2D eigenvalue weighted by molar-refractivity contribution is -0.115. The van der Waals surface area contributed by atoms with Crippen molar-refractivity contribution in [3.05, 3.63) is 84.4 Å². The van der Waals surface area contributed by atoms with Gasteiger partial charge in [-0.25, -0.2) is 0 Å². The molecule has 0 heterocycles. The first-order chi connectivity index (χ1) is 12.2. The van der Waals surface area contributed by atoms with Gasteiger partial charge >= 0.3 is 0 Å². The number of carbonyl (C=O) groups excluding carboxylic acids is 1. The standard InChI is InChI=1S/C21H19NO3/c1-24-18-11-7-8-16(14-18)15-21(23)22-19-12-5-6-13-20(19)25-17-9-3-2-4-10-17/h2-14H,15H2,1H3,(H,22,23). The van der Waals surface area contributed by atoms with E-state index in [2.05, 4.69) is 5.32 Å². The second kappa shape index (κ2) is 8.02. The van der Waals surface area contributed by atoms with E-state index >= 15 is 0 Å². The maximum Gasteiger partial charge on any atom is 0.228 e. The molecular weight excluding hydrogens is 314 g/mol. The topological polar surface area (TPSA) is 47.6 Å². The number of hydrogen-bond acceptors (Lipinski definition) is 3. The molecule has 0 aliphatic heterocycles. The quantitative estimate of drug-likeness (QED) is 0.713. The fraction of sp³-hybridized carbons (Fsp3) is 0.0952. The van der Waals surface area contributed by atoms with Gasteiger partial charge in [0.05, 0.1) is 19.2 Å². The van der Waals surface area contributed by atoms with Gasteiger partial charge in [0.1, 0.15) is 11.5 Å². The van der Waals surface area contributed by atoms with Crippen LogP contribution in [0.3, 0.4) is 0 Å². The van der Waals surface area contributed by atoms with E-state index in [0.717, 1.165) is 17.1 Å². The molecule has 3 aromatic rings. The van der Waals surface area contributed by atoms with Crippen molar-refractivity contribution >= 4 is 11.6 Å². The molecule has 0 fully saturated rings. The lowest BCUT2D eigenvalue weighted by Crippen LogP contribution is -2.14. The van der Waals surface area contributed by atoms with Gasteiger partial charge in [-0.1, -0.05) is 42.5 Å². The number of methoxy groups -OCH3 is 1. The number of anilines is 1. The molecule has 0 saturated carbocycles. The monoisotopic (exact) mass is 333 g/mol. The van der Waals surface area contributed by atoms with E-state index in [9.17, 15) is 4.79 Å². The third-order valence-electron chi connectivity index (χ3n) is 3.63. The maximum absolute atomic E-state index is 12.4. The molecule has 0 radical (unpaired) electrons. The molecule has 4 nitrogen and oxygen atoms in total. The molecule has 0 aliphatic carbocycles. The average molecular weight is 333 g/mol. The Hall–Kier alpha value is -3.27. The van der Waals surface area contributed by atoms with Crippen LogP contribution >= 0.6 is 0 Å². The lowest BCUT2D eigenvalue weighted by Gasteiger charge is -2.12. The van der Waals surface area contributed by atoms with Crippen LogP contribution < -0.4 is 14.8 Å². The van der Waals surface area contributed by atoms with Crippen molar-refractivity contribution in [1.82, 2.24) is 0 Å². The van der Waals surface area contributed by atoms with Crippen LogP contribution in [0.2, 0.25) is 0 Å². The van der Waals surface area contributed by atoms with Crippen LogP contribution in [0.15, 0.2) is 78.9 Å². The smallest absolute Gasteiger partial charge is 0.228 e. The van der Waals surface area contributed by atoms with Crippen LogP contribution in [0, 0.1) is 0 Å². The molecule has 4 heteroatoms. The van der Waals surface area contributed by atoms with Crippen LogP contribution in [0.25, 0.3) is 0 Å². The highest BCUT2D eigenvalue weighted by molar-refractivity contribution is 5.93. The zero-order chi connectivity index (χ0) is 17.5. The van der Waals surface area contributed by atoms with E-state index in [1.807, 2.05) is 78.9 Å². The van der Waals surface area contributed by atoms with E-state index < -0.39 is 0 Å². The summed E-state index contributed by atoms with van der Waals surface area (Å²) in [5, 5.41) is 2.91. The Kier molecular flexibility index (Phi) is 5.32. The second-order valence-electron chi connectivity index (χ2n) is 5.49. The van der Waals surface area contributed by atoms with Crippen LogP contribution in [-0.4, -0.2) is 13.0 Å². The van der Waals surface area contributed by atoms with E-state index in [0.29, 0.717) is 11.4 Å². The Morgan fingerprint density at radius 3 is 2.40 bits per heavy atom. The van der Waals surface area contributed by atoms with Gasteiger partial charge in [-0.2, -0.15) is 0 Å². The number of carbonyl (C=O) groups is 1. The first-order valence-corrected chi connectivity index (χ1v) is 7.99. The number of nitrogens with one attached hydrogen (secondary N) is 1.